The Labute approximate surface area is 133 Å². The first-order valence-electron chi connectivity index (χ1n) is 7.45. The van der Waals surface area contributed by atoms with Gasteiger partial charge in [-0.1, -0.05) is 6.07 Å². The zero-order chi connectivity index (χ0) is 16.2. The van der Waals surface area contributed by atoms with Crippen molar-refractivity contribution in [3.05, 3.63) is 42.1 Å². The van der Waals surface area contributed by atoms with E-state index in [-0.39, 0.29) is 11.8 Å². The summed E-state index contributed by atoms with van der Waals surface area (Å²) in [5.41, 5.74) is 1.01. The van der Waals surface area contributed by atoms with Gasteiger partial charge < -0.3 is 15.4 Å². The molecule has 0 aliphatic carbocycles. The topological polar surface area (TPSA) is 85.2 Å². The van der Waals surface area contributed by atoms with Crippen LogP contribution >= 0.6 is 0 Å². The first-order chi connectivity index (χ1) is 11.1. The Morgan fingerprint density at radius 1 is 1.30 bits per heavy atom. The van der Waals surface area contributed by atoms with Crippen LogP contribution in [0.5, 0.6) is 0 Å². The van der Waals surface area contributed by atoms with E-state index < -0.39 is 6.10 Å². The van der Waals surface area contributed by atoms with Crippen LogP contribution in [0.3, 0.4) is 0 Å². The predicted octanol–water partition coefficient (Wildman–Crippen LogP) is 1.79. The van der Waals surface area contributed by atoms with Crippen molar-refractivity contribution in [2.75, 3.05) is 17.2 Å². The minimum Gasteiger partial charge on any atom is -0.368 e. The van der Waals surface area contributed by atoms with Gasteiger partial charge in [0.15, 0.2) is 5.82 Å². The van der Waals surface area contributed by atoms with Gasteiger partial charge in [-0.05, 0) is 31.0 Å². The molecule has 1 aromatic heterocycles. The predicted molar refractivity (Wildman–Crippen MR) is 85.2 cm³/mol. The third kappa shape index (κ3) is 3.75. The van der Waals surface area contributed by atoms with Crippen molar-refractivity contribution in [2.45, 2.75) is 18.9 Å². The number of benzene rings is 1. The van der Waals surface area contributed by atoms with E-state index in [2.05, 4.69) is 15.7 Å². The maximum Gasteiger partial charge on any atom is 0.256 e. The van der Waals surface area contributed by atoms with Crippen molar-refractivity contribution >= 4 is 23.3 Å². The van der Waals surface area contributed by atoms with Crippen molar-refractivity contribution in [1.29, 1.82) is 0 Å². The first-order valence-corrected chi connectivity index (χ1v) is 7.45. The molecule has 2 heterocycles. The highest BCUT2D eigenvalue weighted by molar-refractivity contribution is 6.05. The van der Waals surface area contributed by atoms with Gasteiger partial charge in [0, 0.05) is 37.2 Å². The lowest BCUT2D eigenvalue weighted by Crippen LogP contribution is -2.27. The normalized spacial score (nSPS) is 17.0. The van der Waals surface area contributed by atoms with E-state index in [0.717, 1.165) is 12.8 Å². The highest BCUT2D eigenvalue weighted by Gasteiger charge is 2.23. The molecule has 0 saturated carbocycles. The third-order valence-electron chi connectivity index (χ3n) is 3.57. The second-order valence-electron chi connectivity index (χ2n) is 5.40. The molecule has 1 atom stereocenters. The van der Waals surface area contributed by atoms with Crippen molar-refractivity contribution < 1.29 is 14.3 Å². The fourth-order valence-electron chi connectivity index (χ4n) is 2.42. The highest BCUT2D eigenvalue weighted by Crippen LogP contribution is 2.17. The van der Waals surface area contributed by atoms with Crippen molar-refractivity contribution in [3.8, 4) is 0 Å². The van der Waals surface area contributed by atoms with E-state index >= 15 is 0 Å². The van der Waals surface area contributed by atoms with Crippen molar-refractivity contribution in [2.24, 2.45) is 7.05 Å². The number of rotatable bonds is 4. The summed E-state index contributed by atoms with van der Waals surface area (Å²) >= 11 is 0. The SMILES string of the molecule is Cn1ccc(NC(=O)c2cccc(NC(=O)[C@@H]3CCCO3)c2)n1. The van der Waals surface area contributed by atoms with Crippen LogP contribution in [0.25, 0.3) is 0 Å². The Morgan fingerprint density at radius 2 is 2.17 bits per heavy atom. The summed E-state index contributed by atoms with van der Waals surface area (Å²) in [5.74, 6) is 0.0213. The molecule has 1 aromatic carbocycles. The first kappa shape index (κ1) is 15.2. The number of nitrogens with one attached hydrogen (secondary N) is 2. The smallest absolute Gasteiger partial charge is 0.256 e. The van der Waals surface area contributed by atoms with Crippen LogP contribution in [0.4, 0.5) is 11.5 Å². The van der Waals surface area contributed by atoms with Crippen LogP contribution in [0, 0.1) is 0 Å². The van der Waals surface area contributed by atoms with Gasteiger partial charge in [0.2, 0.25) is 0 Å². The average Bonchev–Trinajstić information content (AvgIpc) is 3.19. The largest absolute Gasteiger partial charge is 0.368 e. The number of amides is 2. The van der Waals surface area contributed by atoms with Gasteiger partial charge in [0.1, 0.15) is 6.10 Å². The molecule has 1 aliphatic heterocycles. The number of ether oxygens (including phenoxy) is 1. The summed E-state index contributed by atoms with van der Waals surface area (Å²) in [4.78, 5) is 24.3. The lowest BCUT2D eigenvalue weighted by atomic mass is 10.1. The second-order valence-corrected chi connectivity index (χ2v) is 5.40. The zero-order valence-electron chi connectivity index (χ0n) is 12.8. The third-order valence-corrected chi connectivity index (χ3v) is 3.57. The Morgan fingerprint density at radius 3 is 2.87 bits per heavy atom. The summed E-state index contributed by atoms with van der Waals surface area (Å²) in [6.07, 6.45) is 2.96. The molecule has 120 valence electrons. The number of hydrogen-bond acceptors (Lipinski definition) is 4. The van der Waals surface area contributed by atoms with Gasteiger partial charge in [-0.2, -0.15) is 5.10 Å². The summed E-state index contributed by atoms with van der Waals surface area (Å²) in [5, 5.41) is 9.59. The maximum atomic E-state index is 12.2. The van der Waals surface area contributed by atoms with Crippen LogP contribution in [0.2, 0.25) is 0 Å². The molecule has 1 saturated heterocycles. The molecule has 1 aliphatic rings. The summed E-state index contributed by atoms with van der Waals surface area (Å²) < 4.78 is 6.95. The van der Waals surface area contributed by atoms with Crippen LogP contribution in [-0.4, -0.2) is 34.3 Å². The Balaban J connectivity index is 1.66. The number of aromatic nitrogens is 2. The van der Waals surface area contributed by atoms with Crippen molar-refractivity contribution in [3.63, 3.8) is 0 Å². The number of carbonyl (C=O) groups is 2. The minimum absolute atomic E-state index is 0.176. The molecular weight excluding hydrogens is 296 g/mol. The Bertz CT molecular complexity index is 720. The lowest BCUT2D eigenvalue weighted by molar-refractivity contribution is -0.124. The number of aryl methyl sites for hydroxylation is 1. The monoisotopic (exact) mass is 314 g/mol. The molecule has 7 nitrogen and oxygen atoms in total. The molecule has 0 radical (unpaired) electrons. The molecule has 2 N–H and O–H groups in total. The number of nitrogens with zero attached hydrogens (tertiary/aromatic N) is 2. The molecule has 23 heavy (non-hydrogen) atoms. The number of carbonyl (C=O) groups excluding carboxylic acids is 2. The molecule has 1 fully saturated rings. The van der Waals surface area contributed by atoms with Crippen LogP contribution in [-0.2, 0) is 16.6 Å². The van der Waals surface area contributed by atoms with Crippen LogP contribution in [0.1, 0.15) is 23.2 Å². The van der Waals surface area contributed by atoms with E-state index in [1.54, 1.807) is 48.3 Å². The lowest BCUT2D eigenvalue weighted by Gasteiger charge is -2.11. The molecule has 0 bridgehead atoms. The average molecular weight is 314 g/mol. The van der Waals surface area contributed by atoms with E-state index in [9.17, 15) is 9.59 Å². The fourth-order valence-corrected chi connectivity index (χ4v) is 2.42. The van der Waals surface area contributed by atoms with E-state index in [4.69, 9.17) is 4.74 Å². The molecule has 2 amide bonds. The van der Waals surface area contributed by atoms with E-state index in [1.165, 1.54) is 0 Å². The molecule has 3 rings (SSSR count). The van der Waals surface area contributed by atoms with E-state index in [1.807, 2.05) is 0 Å². The minimum atomic E-state index is -0.402. The van der Waals surface area contributed by atoms with Gasteiger partial charge in [0.25, 0.3) is 11.8 Å². The molecule has 7 heteroatoms. The Hall–Kier alpha value is -2.67. The summed E-state index contributed by atoms with van der Waals surface area (Å²) in [7, 11) is 1.77. The van der Waals surface area contributed by atoms with Gasteiger partial charge in [0.05, 0.1) is 0 Å². The Kier molecular flexibility index (Phi) is 4.38. The highest BCUT2D eigenvalue weighted by atomic mass is 16.5. The number of anilines is 2. The fraction of sp³-hybridized carbons (Fsp3) is 0.312. The maximum absolute atomic E-state index is 12.2. The quantitative estimate of drug-likeness (QED) is 0.901. The van der Waals surface area contributed by atoms with Gasteiger partial charge in [-0.3, -0.25) is 14.3 Å². The van der Waals surface area contributed by atoms with Crippen molar-refractivity contribution in [1.82, 2.24) is 9.78 Å². The standard InChI is InChI=1S/C16H18N4O3/c1-20-8-7-14(19-20)18-15(21)11-4-2-5-12(10-11)17-16(22)13-6-3-9-23-13/h2,4-5,7-8,10,13H,3,6,9H2,1H3,(H,17,22)(H,18,19,21)/t13-/m0/s1. The summed E-state index contributed by atoms with van der Waals surface area (Å²) in [6.45, 7) is 0.616. The number of hydrogen-bond donors (Lipinski definition) is 2. The van der Waals surface area contributed by atoms with Gasteiger partial charge in [-0.25, -0.2) is 0 Å². The van der Waals surface area contributed by atoms with Gasteiger partial charge >= 0.3 is 0 Å². The second kappa shape index (κ2) is 6.62. The molecular formula is C16H18N4O3. The summed E-state index contributed by atoms with van der Waals surface area (Å²) in [6, 6.07) is 8.48. The van der Waals surface area contributed by atoms with Crippen LogP contribution in [0.15, 0.2) is 36.5 Å². The van der Waals surface area contributed by atoms with Gasteiger partial charge in [-0.15, -0.1) is 0 Å². The molecule has 0 unspecified atom stereocenters. The zero-order valence-corrected chi connectivity index (χ0v) is 12.8. The van der Waals surface area contributed by atoms with E-state index in [0.29, 0.717) is 23.7 Å². The molecule has 0 spiro atoms. The van der Waals surface area contributed by atoms with Crippen LogP contribution < -0.4 is 10.6 Å². The molecule has 2 aromatic rings.